The second-order valence-electron chi connectivity index (χ2n) is 10.1. The Morgan fingerprint density at radius 3 is 2.47 bits per heavy atom. The molecule has 0 saturated carbocycles. The molecule has 1 heterocycles. The van der Waals surface area contributed by atoms with Gasteiger partial charge in [-0.3, -0.25) is 4.79 Å². The third-order valence-corrected chi connectivity index (χ3v) is 6.15. The van der Waals surface area contributed by atoms with Crippen molar-refractivity contribution in [2.45, 2.75) is 51.2 Å². The van der Waals surface area contributed by atoms with Crippen LogP contribution in [0.2, 0.25) is 0 Å². The number of amides is 1. The van der Waals surface area contributed by atoms with Gasteiger partial charge in [0.05, 0.1) is 24.1 Å². The fourth-order valence-corrected chi connectivity index (χ4v) is 4.36. The van der Waals surface area contributed by atoms with E-state index in [-0.39, 0.29) is 12.2 Å². The van der Waals surface area contributed by atoms with E-state index < -0.39 is 17.5 Å². The van der Waals surface area contributed by atoms with Crippen LogP contribution in [0.3, 0.4) is 0 Å². The van der Waals surface area contributed by atoms with E-state index in [0.29, 0.717) is 42.8 Å². The highest BCUT2D eigenvalue weighted by Gasteiger charge is 2.31. The van der Waals surface area contributed by atoms with Crippen molar-refractivity contribution in [3.05, 3.63) is 77.4 Å². The Morgan fingerprint density at radius 1 is 1.08 bits per heavy atom. The highest BCUT2D eigenvalue weighted by Crippen LogP contribution is 2.27. The van der Waals surface area contributed by atoms with Gasteiger partial charge in [0, 0.05) is 13.0 Å². The molecular formula is C29H30N2O5. The average Bonchev–Trinajstić information content (AvgIpc) is 3.30. The molecule has 1 amide bonds. The zero-order valence-electron chi connectivity index (χ0n) is 20.7. The highest BCUT2D eigenvalue weighted by molar-refractivity contribution is 5.85. The van der Waals surface area contributed by atoms with Gasteiger partial charge in [0.15, 0.2) is 0 Å². The largest absolute Gasteiger partial charge is 0.489 e. The van der Waals surface area contributed by atoms with Crippen LogP contribution in [-0.2, 0) is 16.0 Å². The van der Waals surface area contributed by atoms with E-state index in [1.807, 2.05) is 51.1 Å². The van der Waals surface area contributed by atoms with Crippen LogP contribution in [0.25, 0.3) is 10.8 Å². The van der Waals surface area contributed by atoms with Gasteiger partial charge in [-0.1, -0.05) is 36.4 Å². The van der Waals surface area contributed by atoms with Crippen LogP contribution >= 0.6 is 0 Å². The molecule has 0 radical (unpaired) electrons. The summed E-state index contributed by atoms with van der Waals surface area (Å²) >= 11 is 0. The van der Waals surface area contributed by atoms with Gasteiger partial charge in [-0.25, -0.2) is 4.79 Å². The molecule has 186 valence electrons. The lowest BCUT2D eigenvalue weighted by molar-refractivity contribution is -0.138. The molecule has 1 fully saturated rings. The Hall–Kier alpha value is -4.05. The fraction of sp³-hybridized carbons (Fsp3) is 0.345. The van der Waals surface area contributed by atoms with Crippen molar-refractivity contribution in [1.82, 2.24) is 4.90 Å². The van der Waals surface area contributed by atoms with Crippen molar-refractivity contribution in [2.24, 2.45) is 0 Å². The lowest BCUT2D eigenvalue weighted by atomic mass is 9.91. The summed E-state index contributed by atoms with van der Waals surface area (Å²) in [6.07, 6.45) is 0.546. The first-order valence-corrected chi connectivity index (χ1v) is 12.0. The number of carbonyl (C=O) groups excluding carboxylic acids is 1. The highest BCUT2D eigenvalue weighted by atomic mass is 16.6. The second kappa shape index (κ2) is 10.3. The van der Waals surface area contributed by atoms with E-state index in [2.05, 4.69) is 6.07 Å². The molecule has 0 bridgehead atoms. The average molecular weight is 487 g/mol. The van der Waals surface area contributed by atoms with Crippen LogP contribution in [-0.4, -0.2) is 46.9 Å². The number of carbonyl (C=O) groups is 2. The van der Waals surface area contributed by atoms with Crippen LogP contribution in [0.15, 0.2) is 60.7 Å². The molecule has 36 heavy (non-hydrogen) atoms. The number of hydrogen-bond donors (Lipinski definition) is 1. The summed E-state index contributed by atoms with van der Waals surface area (Å²) in [6, 6.07) is 20.6. The molecule has 2 atom stereocenters. The Balaban J connectivity index is 1.41. The van der Waals surface area contributed by atoms with Crippen LogP contribution in [0.5, 0.6) is 5.75 Å². The molecule has 7 heteroatoms. The standard InChI is InChI=1S/C29H30N2O5/c1-29(2,3)36-28(34)31-13-12-25(18-31)35-24-10-8-22(9-11-24)26(27(32)33)16-19-4-6-21-7-5-20(17-30)15-23(21)14-19/h4-11,14-15,25-26H,12-13,16,18H2,1-3H3,(H,32,33)/t25-,26-/m0/s1. The molecule has 1 saturated heterocycles. The number of fused-ring (bicyclic) bond motifs is 1. The first-order valence-electron chi connectivity index (χ1n) is 12.0. The minimum absolute atomic E-state index is 0.144. The van der Waals surface area contributed by atoms with Crippen molar-refractivity contribution in [2.75, 3.05) is 13.1 Å². The zero-order chi connectivity index (χ0) is 25.9. The molecule has 1 aliphatic rings. The number of ether oxygens (including phenoxy) is 2. The molecule has 3 aromatic carbocycles. The molecule has 0 unspecified atom stereocenters. The third-order valence-electron chi connectivity index (χ3n) is 6.15. The maximum absolute atomic E-state index is 12.3. The molecule has 1 N–H and O–H groups in total. The van der Waals surface area contributed by atoms with E-state index in [0.717, 1.165) is 16.3 Å². The minimum Gasteiger partial charge on any atom is -0.489 e. The van der Waals surface area contributed by atoms with E-state index in [4.69, 9.17) is 14.7 Å². The number of hydrogen-bond acceptors (Lipinski definition) is 5. The molecule has 4 rings (SSSR count). The quantitative estimate of drug-likeness (QED) is 0.493. The number of nitrogens with zero attached hydrogens (tertiary/aromatic N) is 2. The van der Waals surface area contributed by atoms with Crippen molar-refractivity contribution in [1.29, 1.82) is 5.26 Å². The van der Waals surface area contributed by atoms with Crippen molar-refractivity contribution in [3.8, 4) is 11.8 Å². The lowest BCUT2D eigenvalue weighted by Gasteiger charge is -2.24. The van der Waals surface area contributed by atoms with Gasteiger partial charge >= 0.3 is 12.1 Å². The summed E-state index contributed by atoms with van der Waals surface area (Å²) in [5, 5.41) is 21.0. The van der Waals surface area contributed by atoms with Crippen molar-refractivity contribution in [3.63, 3.8) is 0 Å². The summed E-state index contributed by atoms with van der Waals surface area (Å²) in [5.74, 6) is -0.989. The van der Waals surface area contributed by atoms with Gasteiger partial charge in [-0.2, -0.15) is 5.26 Å². The monoisotopic (exact) mass is 486 g/mol. The van der Waals surface area contributed by atoms with Gasteiger partial charge in [0.2, 0.25) is 0 Å². The Morgan fingerprint density at radius 2 is 1.81 bits per heavy atom. The molecular weight excluding hydrogens is 456 g/mol. The normalized spacial score (nSPS) is 16.4. The predicted molar refractivity (Wildman–Crippen MR) is 136 cm³/mol. The fourth-order valence-electron chi connectivity index (χ4n) is 4.36. The molecule has 0 spiro atoms. The van der Waals surface area contributed by atoms with Crippen LogP contribution in [0.1, 0.15) is 49.8 Å². The first kappa shape index (κ1) is 25.1. The smallest absolute Gasteiger partial charge is 0.410 e. The van der Waals surface area contributed by atoms with E-state index >= 15 is 0 Å². The molecule has 7 nitrogen and oxygen atoms in total. The number of carboxylic acids is 1. The summed E-state index contributed by atoms with van der Waals surface area (Å²) in [5.41, 5.74) is 1.60. The molecule has 0 aliphatic carbocycles. The van der Waals surface area contributed by atoms with Gasteiger partial charge < -0.3 is 19.5 Å². The number of nitriles is 1. The summed E-state index contributed by atoms with van der Waals surface area (Å²) in [7, 11) is 0. The van der Waals surface area contributed by atoms with Crippen LogP contribution in [0, 0.1) is 11.3 Å². The van der Waals surface area contributed by atoms with Crippen LogP contribution < -0.4 is 4.74 Å². The maximum Gasteiger partial charge on any atom is 0.410 e. The molecule has 3 aromatic rings. The van der Waals surface area contributed by atoms with E-state index in [1.54, 1.807) is 35.2 Å². The number of carboxylic acid groups (broad SMARTS) is 1. The van der Waals surface area contributed by atoms with Crippen molar-refractivity contribution >= 4 is 22.8 Å². The van der Waals surface area contributed by atoms with Gasteiger partial charge in [-0.15, -0.1) is 0 Å². The topological polar surface area (TPSA) is 99.9 Å². The van der Waals surface area contributed by atoms with E-state index in [9.17, 15) is 14.7 Å². The maximum atomic E-state index is 12.3. The molecule has 1 aliphatic heterocycles. The lowest BCUT2D eigenvalue weighted by Crippen LogP contribution is -2.36. The van der Waals surface area contributed by atoms with Crippen molar-refractivity contribution < 1.29 is 24.2 Å². The van der Waals surface area contributed by atoms with E-state index in [1.165, 1.54) is 0 Å². The predicted octanol–water partition coefficient (Wildman–Crippen LogP) is 5.51. The third kappa shape index (κ3) is 6.14. The molecule has 0 aromatic heterocycles. The van der Waals surface area contributed by atoms with Crippen LogP contribution in [0.4, 0.5) is 4.79 Å². The summed E-state index contributed by atoms with van der Waals surface area (Å²) in [4.78, 5) is 26.0. The summed E-state index contributed by atoms with van der Waals surface area (Å²) < 4.78 is 11.5. The Labute approximate surface area is 210 Å². The SMILES string of the molecule is CC(C)(C)OC(=O)N1CC[C@H](Oc2ccc([C@H](Cc3ccc4ccc(C#N)cc4c3)C(=O)O)cc2)C1. The number of likely N-dealkylation sites (tertiary alicyclic amines) is 1. The second-order valence-corrected chi connectivity index (χ2v) is 10.1. The number of rotatable bonds is 6. The number of aliphatic carboxylic acids is 1. The Bertz CT molecular complexity index is 1300. The Kier molecular flexibility index (Phi) is 7.16. The van der Waals surface area contributed by atoms with Gasteiger partial charge in [-0.05, 0) is 73.4 Å². The minimum atomic E-state index is -0.904. The summed E-state index contributed by atoms with van der Waals surface area (Å²) in [6.45, 7) is 6.53. The number of benzene rings is 3. The van der Waals surface area contributed by atoms with Gasteiger partial charge in [0.1, 0.15) is 17.5 Å². The zero-order valence-corrected chi connectivity index (χ0v) is 20.7. The first-order chi connectivity index (χ1) is 17.1. The van der Waals surface area contributed by atoms with Gasteiger partial charge in [0.25, 0.3) is 0 Å².